The molecule has 7 nitrogen and oxygen atoms in total. The number of Topliss-reactive ketones (excluding diaryl/α,β-unsaturated/α-hetero) is 1. The number of hydrogen-bond donors (Lipinski definition) is 2. The lowest BCUT2D eigenvalue weighted by atomic mass is 10.1. The molecule has 0 amide bonds. The quantitative estimate of drug-likeness (QED) is 0.516. The highest BCUT2D eigenvalue weighted by molar-refractivity contribution is 5.94. The molecule has 1 heterocycles. The highest BCUT2D eigenvalue weighted by Crippen LogP contribution is 2.23. The molecule has 0 saturated heterocycles. The molecule has 0 aliphatic heterocycles. The number of para-hydroxylation sites is 1. The van der Waals surface area contributed by atoms with Crippen molar-refractivity contribution in [3.63, 3.8) is 0 Å². The second-order valence-electron chi connectivity index (χ2n) is 5.93. The molecule has 2 rings (SSSR count). The average molecular weight is 368 g/mol. The molecule has 7 heteroatoms. The van der Waals surface area contributed by atoms with Crippen LogP contribution in [0.4, 0.5) is 17.5 Å². The maximum atomic E-state index is 11.4. The third-order valence-electron chi connectivity index (χ3n) is 3.61. The fraction of sp³-hybridized carbons (Fsp3) is 0.300. The van der Waals surface area contributed by atoms with E-state index in [2.05, 4.69) is 20.6 Å². The van der Waals surface area contributed by atoms with E-state index in [9.17, 15) is 9.59 Å². The molecule has 0 saturated carbocycles. The first-order valence-electron chi connectivity index (χ1n) is 8.74. The number of carbonyl (C=O) groups excluding carboxylic acids is 2. The van der Waals surface area contributed by atoms with E-state index >= 15 is 0 Å². The zero-order valence-electron chi connectivity index (χ0n) is 15.8. The number of rotatable bonds is 9. The third-order valence-corrected chi connectivity index (χ3v) is 3.61. The van der Waals surface area contributed by atoms with E-state index in [-0.39, 0.29) is 18.8 Å². The van der Waals surface area contributed by atoms with Gasteiger partial charge in [-0.05, 0) is 44.6 Å². The van der Waals surface area contributed by atoms with Crippen molar-refractivity contribution >= 4 is 34.8 Å². The normalized spacial score (nSPS) is 11.0. The van der Waals surface area contributed by atoms with Gasteiger partial charge in [0, 0.05) is 24.0 Å². The first kappa shape index (κ1) is 20.1. The van der Waals surface area contributed by atoms with Crippen LogP contribution in [-0.2, 0) is 14.3 Å². The Morgan fingerprint density at radius 2 is 1.93 bits per heavy atom. The molecule has 0 atom stereocenters. The predicted molar refractivity (Wildman–Crippen MR) is 106 cm³/mol. The summed E-state index contributed by atoms with van der Waals surface area (Å²) < 4.78 is 5.04. The maximum Gasteiger partial charge on any atom is 0.313 e. The van der Waals surface area contributed by atoms with Gasteiger partial charge in [-0.15, -0.1) is 0 Å². The van der Waals surface area contributed by atoms with E-state index in [1.165, 1.54) is 6.92 Å². The smallest absolute Gasteiger partial charge is 0.313 e. The van der Waals surface area contributed by atoms with Crippen LogP contribution < -0.4 is 10.6 Å². The van der Waals surface area contributed by atoms with Crippen LogP contribution in [0.15, 0.2) is 42.6 Å². The Hall–Kier alpha value is -3.22. The Labute approximate surface area is 158 Å². The van der Waals surface area contributed by atoms with Crippen LogP contribution in [0.3, 0.4) is 0 Å². The molecule has 0 radical (unpaired) electrons. The Bertz CT molecular complexity index is 819. The summed E-state index contributed by atoms with van der Waals surface area (Å²) in [4.78, 5) is 31.2. The number of anilines is 3. The van der Waals surface area contributed by atoms with Gasteiger partial charge in [-0.2, -0.15) is 4.98 Å². The predicted octanol–water partition coefficient (Wildman–Crippen LogP) is 3.58. The van der Waals surface area contributed by atoms with Gasteiger partial charge >= 0.3 is 5.97 Å². The minimum Gasteiger partial charge on any atom is -0.461 e. The topological polar surface area (TPSA) is 93.2 Å². The third kappa shape index (κ3) is 6.54. The number of allylic oxidation sites excluding steroid dienone is 1. The summed E-state index contributed by atoms with van der Waals surface area (Å²) in [6.07, 6.45) is 3.28. The molecule has 27 heavy (non-hydrogen) atoms. The minimum absolute atomic E-state index is 0.0908. The number of nitrogens with one attached hydrogen (secondary N) is 2. The summed E-state index contributed by atoms with van der Waals surface area (Å²) in [6, 6.07) is 9.68. The standard InChI is InChI=1S/C20H24N4O3/c1-4-21-19-17(14(2)10-11-27-18(26)12-15(3)25)13-22-20(24-19)23-16-8-6-5-7-9-16/h5-10,13H,4,11-12H2,1-3H3,(H2,21,22,23,24). The Balaban J connectivity index is 2.11. The summed E-state index contributed by atoms with van der Waals surface area (Å²) in [7, 11) is 0. The van der Waals surface area contributed by atoms with Crippen molar-refractivity contribution in [1.29, 1.82) is 0 Å². The number of ether oxygens (including phenoxy) is 1. The Kier molecular flexibility index (Phi) is 7.49. The van der Waals surface area contributed by atoms with Crippen molar-refractivity contribution in [3.8, 4) is 0 Å². The fourth-order valence-electron chi connectivity index (χ4n) is 2.31. The van der Waals surface area contributed by atoms with E-state index in [4.69, 9.17) is 4.74 Å². The minimum atomic E-state index is -0.530. The van der Waals surface area contributed by atoms with Crippen LogP contribution in [0, 0.1) is 0 Å². The van der Waals surface area contributed by atoms with Gasteiger partial charge in [-0.1, -0.05) is 18.2 Å². The van der Waals surface area contributed by atoms with Gasteiger partial charge in [0.1, 0.15) is 24.6 Å². The van der Waals surface area contributed by atoms with E-state index in [1.54, 1.807) is 12.3 Å². The highest BCUT2D eigenvalue weighted by atomic mass is 16.5. The summed E-state index contributed by atoms with van der Waals surface area (Å²) in [5, 5.41) is 6.39. The second-order valence-corrected chi connectivity index (χ2v) is 5.93. The highest BCUT2D eigenvalue weighted by Gasteiger charge is 2.10. The number of esters is 1. The number of ketones is 1. The van der Waals surface area contributed by atoms with Crippen molar-refractivity contribution in [2.45, 2.75) is 27.2 Å². The lowest BCUT2D eigenvalue weighted by molar-refractivity contribution is -0.144. The number of carbonyl (C=O) groups is 2. The molecule has 0 aliphatic carbocycles. The molecule has 0 fully saturated rings. The first-order chi connectivity index (χ1) is 13.0. The molecule has 1 aromatic carbocycles. The molecule has 0 unspecified atom stereocenters. The molecular formula is C20H24N4O3. The van der Waals surface area contributed by atoms with Gasteiger partial charge in [0.25, 0.3) is 0 Å². The van der Waals surface area contributed by atoms with Gasteiger partial charge in [0.2, 0.25) is 5.95 Å². The van der Waals surface area contributed by atoms with E-state index < -0.39 is 5.97 Å². The number of aromatic nitrogens is 2. The zero-order chi connectivity index (χ0) is 19.6. The molecule has 2 aromatic rings. The zero-order valence-corrected chi connectivity index (χ0v) is 15.8. The van der Waals surface area contributed by atoms with Gasteiger partial charge in [0.05, 0.1) is 0 Å². The van der Waals surface area contributed by atoms with E-state index in [1.807, 2.05) is 44.2 Å². The van der Waals surface area contributed by atoms with Crippen LogP contribution in [0.2, 0.25) is 0 Å². The fourth-order valence-corrected chi connectivity index (χ4v) is 2.31. The lowest BCUT2D eigenvalue weighted by Gasteiger charge is -2.12. The SMILES string of the molecule is CCNc1nc(Nc2ccccc2)ncc1C(C)=CCOC(=O)CC(C)=O. The number of hydrogen-bond acceptors (Lipinski definition) is 7. The van der Waals surface area contributed by atoms with Crippen molar-refractivity contribution < 1.29 is 14.3 Å². The largest absolute Gasteiger partial charge is 0.461 e. The first-order valence-corrected chi connectivity index (χ1v) is 8.74. The van der Waals surface area contributed by atoms with E-state index in [0.29, 0.717) is 18.3 Å². The summed E-state index contributed by atoms with van der Waals surface area (Å²) >= 11 is 0. The van der Waals surface area contributed by atoms with Crippen LogP contribution >= 0.6 is 0 Å². The van der Waals surface area contributed by atoms with Crippen LogP contribution in [0.25, 0.3) is 5.57 Å². The molecular weight excluding hydrogens is 344 g/mol. The molecule has 0 bridgehead atoms. The molecule has 0 spiro atoms. The Morgan fingerprint density at radius 3 is 2.59 bits per heavy atom. The summed E-state index contributed by atoms with van der Waals surface area (Å²) in [5.41, 5.74) is 2.59. The van der Waals surface area contributed by atoms with Crippen LogP contribution in [-0.4, -0.2) is 34.9 Å². The van der Waals surface area contributed by atoms with Gasteiger partial charge in [-0.25, -0.2) is 4.98 Å². The molecule has 2 N–H and O–H groups in total. The van der Waals surface area contributed by atoms with Crippen molar-refractivity contribution in [2.75, 3.05) is 23.8 Å². The Morgan fingerprint density at radius 1 is 1.19 bits per heavy atom. The summed E-state index contributed by atoms with van der Waals surface area (Å²) in [5.74, 6) is 0.429. The van der Waals surface area contributed by atoms with Gasteiger partial charge in [-0.3, -0.25) is 9.59 Å². The summed E-state index contributed by atoms with van der Waals surface area (Å²) in [6.45, 7) is 6.03. The molecule has 0 aliphatic rings. The molecule has 142 valence electrons. The number of nitrogens with zero attached hydrogens (tertiary/aromatic N) is 2. The number of benzene rings is 1. The average Bonchev–Trinajstić information content (AvgIpc) is 2.62. The lowest BCUT2D eigenvalue weighted by Crippen LogP contribution is -2.09. The monoisotopic (exact) mass is 368 g/mol. The second kappa shape index (κ2) is 10.1. The van der Waals surface area contributed by atoms with Gasteiger partial charge in [0.15, 0.2) is 0 Å². The van der Waals surface area contributed by atoms with Gasteiger partial charge < -0.3 is 15.4 Å². The van der Waals surface area contributed by atoms with Crippen molar-refractivity contribution in [1.82, 2.24) is 9.97 Å². The van der Waals surface area contributed by atoms with Crippen molar-refractivity contribution in [2.24, 2.45) is 0 Å². The van der Waals surface area contributed by atoms with E-state index in [0.717, 1.165) is 16.8 Å². The van der Waals surface area contributed by atoms with Crippen LogP contribution in [0.5, 0.6) is 0 Å². The molecule has 1 aromatic heterocycles. The van der Waals surface area contributed by atoms with Crippen molar-refractivity contribution in [3.05, 3.63) is 48.2 Å². The maximum absolute atomic E-state index is 11.4. The van der Waals surface area contributed by atoms with Crippen LogP contribution in [0.1, 0.15) is 32.8 Å².